The van der Waals surface area contributed by atoms with Gasteiger partial charge in [-0.3, -0.25) is 14.6 Å². The molecule has 0 spiro atoms. The van der Waals surface area contributed by atoms with Gasteiger partial charge in [0.25, 0.3) is 0 Å². The fourth-order valence-electron chi connectivity index (χ4n) is 2.79. The van der Waals surface area contributed by atoms with Crippen molar-refractivity contribution < 1.29 is 14.0 Å². The Morgan fingerprint density at radius 1 is 1.16 bits per heavy atom. The monoisotopic (exact) mass is 341 g/mol. The largest absolute Gasteiger partial charge is 0.355 e. The molecule has 3 rings (SSSR count). The SMILES string of the molecule is O=C(CCNC(=O)C1CC1c1ccc(F)cc1)NCc1cccnc1. The van der Waals surface area contributed by atoms with E-state index >= 15 is 0 Å². The zero-order valence-corrected chi connectivity index (χ0v) is 13.7. The third-order valence-electron chi connectivity index (χ3n) is 4.29. The van der Waals surface area contributed by atoms with Crippen molar-refractivity contribution in [3.05, 3.63) is 65.7 Å². The van der Waals surface area contributed by atoms with E-state index in [1.807, 2.05) is 12.1 Å². The first-order valence-corrected chi connectivity index (χ1v) is 8.32. The number of aromatic nitrogens is 1. The van der Waals surface area contributed by atoms with E-state index in [1.54, 1.807) is 24.5 Å². The van der Waals surface area contributed by atoms with Crippen molar-refractivity contribution in [3.63, 3.8) is 0 Å². The number of pyridine rings is 1. The van der Waals surface area contributed by atoms with Crippen molar-refractivity contribution >= 4 is 11.8 Å². The molecule has 5 nitrogen and oxygen atoms in total. The smallest absolute Gasteiger partial charge is 0.223 e. The molecule has 1 aliphatic carbocycles. The highest BCUT2D eigenvalue weighted by molar-refractivity contribution is 5.83. The molecule has 130 valence electrons. The second kappa shape index (κ2) is 7.88. The Morgan fingerprint density at radius 3 is 2.68 bits per heavy atom. The van der Waals surface area contributed by atoms with Crippen LogP contribution in [-0.2, 0) is 16.1 Å². The van der Waals surface area contributed by atoms with Gasteiger partial charge in [0.1, 0.15) is 5.82 Å². The third kappa shape index (κ3) is 4.86. The van der Waals surface area contributed by atoms with Crippen molar-refractivity contribution in [2.24, 2.45) is 5.92 Å². The normalized spacial score (nSPS) is 18.4. The van der Waals surface area contributed by atoms with Gasteiger partial charge in [-0.2, -0.15) is 0 Å². The van der Waals surface area contributed by atoms with Gasteiger partial charge >= 0.3 is 0 Å². The predicted octanol–water partition coefficient (Wildman–Crippen LogP) is 2.15. The fourth-order valence-corrected chi connectivity index (χ4v) is 2.79. The van der Waals surface area contributed by atoms with Crippen LogP contribution in [0.15, 0.2) is 48.8 Å². The number of benzene rings is 1. The lowest BCUT2D eigenvalue weighted by atomic mass is 10.1. The summed E-state index contributed by atoms with van der Waals surface area (Å²) < 4.78 is 12.9. The van der Waals surface area contributed by atoms with Crippen LogP contribution in [0.4, 0.5) is 4.39 Å². The Morgan fingerprint density at radius 2 is 1.96 bits per heavy atom. The molecular weight excluding hydrogens is 321 g/mol. The van der Waals surface area contributed by atoms with Gasteiger partial charge in [-0.15, -0.1) is 0 Å². The molecule has 1 aromatic heterocycles. The van der Waals surface area contributed by atoms with E-state index in [9.17, 15) is 14.0 Å². The second-order valence-corrected chi connectivity index (χ2v) is 6.18. The van der Waals surface area contributed by atoms with E-state index in [0.717, 1.165) is 17.5 Å². The van der Waals surface area contributed by atoms with Crippen LogP contribution in [0.1, 0.15) is 29.9 Å². The van der Waals surface area contributed by atoms with Crippen LogP contribution in [0.3, 0.4) is 0 Å². The summed E-state index contributed by atoms with van der Waals surface area (Å²) in [6.45, 7) is 0.736. The quantitative estimate of drug-likeness (QED) is 0.811. The van der Waals surface area contributed by atoms with Crippen LogP contribution < -0.4 is 10.6 Å². The average Bonchev–Trinajstić information content (AvgIpc) is 3.42. The molecule has 2 N–H and O–H groups in total. The number of hydrogen-bond donors (Lipinski definition) is 2. The standard InChI is InChI=1S/C19H20FN3O2/c20-15-5-3-14(4-6-15)16-10-17(16)19(25)22-9-7-18(24)23-12-13-2-1-8-21-11-13/h1-6,8,11,16-17H,7,9-10,12H2,(H,22,25)(H,23,24). The highest BCUT2D eigenvalue weighted by Gasteiger charge is 2.43. The highest BCUT2D eigenvalue weighted by Crippen LogP contribution is 2.47. The Bertz CT molecular complexity index is 734. The molecule has 2 unspecified atom stereocenters. The van der Waals surface area contributed by atoms with Crippen molar-refractivity contribution in [3.8, 4) is 0 Å². The average molecular weight is 341 g/mol. The van der Waals surface area contributed by atoms with E-state index in [-0.39, 0.29) is 35.9 Å². The highest BCUT2D eigenvalue weighted by atomic mass is 19.1. The molecule has 2 amide bonds. The molecule has 0 bridgehead atoms. The van der Waals surface area contributed by atoms with Crippen molar-refractivity contribution in [2.75, 3.05) is 6.54 Å². The molecule has 0 aliphatic heterocycles. The van der Waals surface area contributed by atoms with Gasteiger partial charge in [-0.1, -0.05) is 18.2 Å². The van der Waals surface area contributed by atoms with Crippen molar-refractivity contribution in [1.29, 1.82) is 0 Å². The van der Waals surface area contributed by atoms with E-state index in [2.05, 4.69) is 15.6 Å². The molecule has 6 heteroatoms. The minimum atomic E-state index is -0.275. The van der Waals surface area contributed by atoms with Crippen molar-refractivity contribution in [2.45, 2.75) is 25.3 Å². The Balaban J connectivity index is 1.34. The van der Waals surface area contributed by atoms with Crippen LogP contribution in [-0.4, -0.2) is 23.3 Å². The molecule has 0 radical (unpaired) electrons. The topological polar surface area (TPSA) is 71.1 Å². The number of nitrogens with one attached hydrogen (secondary N) is 2. The number of hydrogen-bond acceptors (Lipinski definition) is 3. The molecule has 25 heavy (non-hydrogen) atoms. The molecule has 1 aromatic carbocycles. The maximum atomic E-state index is 12.9. The summed E-state index contributed by atoms with van der Waals surface area (Å²) in [4.78, 5) is 27.9. The van der Waals surface area contributed by atoms with Crippen LogP contribution in [0, 0.1) is 11.7 Å². The van der Waals surface area contributed by atoms with Gasteiger partial charge in [0, 0.05) is 37.8 Å². The zero-order chi connectivity index (χ0) is 17.6. The Hall–Kier alpha value is -2.76. The lowest BCUT2D eigenvalue weighted by Crippen LogP contribution is -2.31. The number of halogens is 1. The Labute approximate surface area is 145 Å². The van der Waals surface area contributed by atoms with E-state index < -0.39 is 0 Å². The summed E-state index contributed by atoms with van der Waals surface area (Å²) in [5.74, 6) is -0.365. The van der Waals surface area contributed by atoms with Gasteiger partial charge in [0.15, 0.2) is 0 Å². The summed E-state index contributed by atoms with van der Waals surface area (Å²) in [7, 11) is 0. The number of nitrogens with zero attached hydrogens (tertiary/aromatic N) is 1. The van der Waals surface area contributed by atoms with Crippen LogP contribution in [0.25, 0.3) is 0 Å². The first-order chi connectivity index (χ1) is 12.1. The minimum Gasteiger partial charge on any atom is -0.355 e. The van der Waals surface area contributed by atoms with Gasteiger partial charge < -0.3 is 10.6 Å². The zero-order valence-electron chi connectivity index (χ0n) is 13.7. The predicted molar refractivity (Wildman–Crippen MR) is 91.0 cm³/mol. The minimum absolute atomic E-state index is 0.0469. The van der Waals surface area contributed by atoms with E-state index in [1.165, 1.54) is 12.1 Å². The molecule has 0 saturated heterocycles. The summed E-state index contributed by atoms with van der Waals surface area (Å²) in [5.41, 5.74) is 1.91. The van der Waals surface area contributed by atoms with Crippen molar-refractivity contribution in [1.82, 2.24) is 15.6 Å². The van der Waals surface area contributed by atoms with Gasteiger partial charge in [0.05, 0.1) is 0 Å². The van der Waals surface area contributed by atoms with Gasteiger partial charge in [-0.05, 0) is 41.7 Å². The maximum absolute atomic E-state index is 12.9. The molecular formula is C19H20FN3O2. The lowest BCUT2D eigenvalue weighted by molar-refractivity contribution is -0.123. The van der Waals surface area contributed by atoms with Gasteiger partial charge in [0.2, 0.25) is 11.8 Å². The number of carbonyl (C=O) groups is 2. The van der Waals surface area contributed by atoms with E-state index in [0.29, 0.717) is 13.1 Å². The fraction of sp³-hybridized carbons (Fsp3) is 0.316. The maximum Gasteiger partial charge on any atom is 0.223 e. The van der Waals surface area contributed by atoms with Crippen LogP contribution in [0.2, 0.25) is 0 Å². The summed E-state index contributed by atoms with van der Waals surface area (Å²) >= 11 is 0. The molecule has 2 aromatic rings. The summed E-state index contributed by atoms with van der Waals surface area (Å²) in [6.07, 6.45) is 4.38. The number of amides is 2. The first kappa shape index (κ1) is 17.1. The third-order valence-corrected chi connectivity index (χ3v) is 4.29. The van der Waals surface area contributed by atoms with Gasteiger partial charge in [-0.25, -0.2) is 4.39 Å². The van der Waals surface area contributed by atoms with Crippen LogP contribution in [0.5, 0.6) is 0 Å². The van der Waals surface area contributed by atoms with E-state index in [4.69, 9.17) is 0 Å². The number of rotatable bonds is 7. The molecule has 1 fully saturated rings. The molecule has 1 saturated carbocycles. The first-order valence-electron chi connectivity index (χ1n) is 8.32. The molecule has 1 aliphatic rings. The summed E-state index contributed by atoms with van der Waals surface area (Å²) in [6, 6.07) is 9.97. The molecule has 1 heterocycles. The summed E-state index contributed by atoms with van der Waals surface area (Å²) in [5, 5.41) is 5.59. The Kier molecular flexibility index (Phi) is 5.38. The lowest BCUT2D eigenvalue weighted by Gasteiger charge is -2.07. The number of carbonyl (C=O) groups excluding carboxylic acids is 2. The van der Waals surface area contributed by atoms with Crippen LogP contribution >= 0.6 is 0 Å². The molecule has 2 atom stereocenters. The second-order valence-electron chi connectivity index (χ2n) is 6.18.